The van der Waals surface area contributed by atoms with Crippen molar-refractivity contribution in [1.82, 2.24) is 4.90 Å². The van der Waals surface area contributed by atoms with Gasteiger partial charge in [0.05, 0.1) is 0 Å². The molecule has 1 amide bonds. The molecular weight excluding hydrogens is 138 g/mol. The van der Waals surface area contributed by atoms with Gasteiger partial charge in [-0.2, -0.15) is 0 Å². The van der Waals surface area contributed by atoms with E-state index in [2.05, 4.69) is 0 Å². The Morgan fingerprint density at radius 1 is 1.36 bits per heavy atom. The van der Waals surface area contributed by atoms with Crippen LogP contribution in [0.4, 0.5) is 0 Å². The van der Waals surface area contributed by atoms with Gasteiger partial charge in [0.25, 0.3) is 0 Å². The summed E-state index contributed by atoms with van der Waals surface area (Å²) in [5.74, 6) is 0.0556. The van der Waals surface area contributed by atoms with Crippen molar-refractivity contribution in [3.05, 3.63) is 12.2 Å². The molecule has 0 rings (SSSR count). The van der Waals surface area contributed by atoms with Gasteiger partial charge in [-0.1, -0.05) is 6.08 Å². The van der Waals surface area contributed by atoms with Crippen LogP contribution < -0.4 is 0 Å². The minimum atomic E-state index is -0.0867. The fraction of sp³-hybridized carbons (Fsp3) is 0.667. The quantitative estimate of drug-likeness (QED) is 0.529. The molecule has 0 N–H and O–H groups in total. The van der Waals surface area contributed by atoms with Gasteiger partial charge in [0, 0.05) is 12.6 Å². The van der Waals surface area contributed by atoms with Crippen LogP contribution in [-0.2, 0) is 4.79 Å². The highest BCUT2D eigenvalue weighted by molar-refractivity contribution is 5.87. The Balaban J connectivity index is 4.26. The Kier molecular flexibility index (Phi) is 3.30. The molecule has 0 radical (unpaired) electrons. The molecule has 0 aliphatic rings. The average molecular weight is 155 g/mol. The van der Waals surface area contributed by atoms with E-state index in [1.54, 1.807) is 17.1 Å². The van der Waals surface area contributed by atoms with Crippen molar-refractivity contribution in [2.75, 3.05) is 7.05 Å². The molecule has 0 unspecified atom stereocenters. The smallest absolute Gasteiger partial charge is 0.246 e. The molecule has 2 heteroatoms. The Bertz CT molecular complexity index is 165. The minimum absolute atomic E-state index is 0.0556. The normalized spacial score (nSPS) is 12.1. The van der Waals surface area contributed by atoms with Crippen LogP contribution in [-0.4, -0.2) is 23.4 Å². The van der Waals surface area contributed by atoms with E-state index in [1.807, 2.05) is 34.7 Å². The Morgan fingerprint density at radius 3 is 2.09 bits per heavy atom. The zero-order valence-electron chi connectivity index (χ0n) is 8.01. The second kappa shape index (κ2) is 3.56. The fourth-order valence-corrected chi connectivity index (χ4v) is 0.585. The lowest BCUT2D eigenvalue weighted by Gasteiger charge is -2.30. The number of amides is 1. The van der Waals surface area contributed by atoms with Gasteiger partial charge in [-0.05, 0) is 33.8 Å². The van der Waals surface area contributed by atoms with Crippen LogP contribution >= 0.6 is 0 Å². The van der Waals surface area contributed by atoms with Crippen LogP contribution in [0, 0.1) is 0 Å². The molecule has 0 fully saturated rings. The third kappa shape index (κ3) is 3.21. The van der Waals surface area contributed by atoms with Crippen LogP contribution in [0.1, 0.15) is 27.7 Å². The Morgan fingerprint density at radius 2 is 1.82 bits per heavy atom. The van der Waals surface area contributed by atoms with Crippen molar-refractivity contribution in [3.63, 3.8) is 0 Å². The van der Waals surface area contributed by atoms with Gasteiger partial charge in [-0.15, -0.1) is 0 Å². The summed E-state index contributed by atoms with van der Waals surface area (Å²) in [5.41, 5.74) is -0.0867. The van der Waals surface area contributed by atoms with E-state index >= 15 is 0 Å². The highest BCUT2D eigenvalue weighted by Crippen LogP contribution is 2.10. The SMILES string of the molecule is C/C=C/C(=O)N(C)C(C)(C)C. The van der Waals surface area contributed by atoms with Gasteiger partial charge >= 0.3 is 0 Å². The summed E-state index contributed by atoms with van der Waals surface area (Å²) in [7, 11) is 1.81. The van der Waals surface area contributed by atoms with E-state index in [-0.39, 0.29) is 11.4 Å². The van der Waals surface area contributed by atoms with E-state index in [0.717, 1.165) is 0 Å². The number of nitrogens with zero attached hydrogens (tertiary/aromatic N) is 1. The van der Waals surface area contributed by atoms with Crippen molar-refractivity contribution in [2.45, 2.75) is 33.2 Å². The van der Waals surface area contributed by atoms with E-state index in [9.17, 15) is 4.79 Å². The molecule has 0 heterocycles. The number of hydrogen-bond donors (Lipinski definition) is 0. The van der Waals surface area contributed by atoms with E-state index in [1.165, 1.54) is 0 Å². The summed E-state index contributed by atoms with van der Waals surface area (Å²) in [5, 5.41) is 0. The number of carbonyl (C=O) groups is 1. The zero-order chi connectivity index (χ0) is 9.07. The second-order valence-corrected chi connectivity index (χ2v) is 3.57. The van der Waals surface area contributed by atoms with Crippen molar-refractivity contribution >= 4 is 5.91 Å². The first kappa shape index (κ1) is 10.2. The largest absolute Gasteiger partial charge is 0.337 e. The Hall–Kier alpha value is -0.790. The molecule has 11 heavy (non-hydrogen) atoms. The molecule has 0 aliphatic carbocycles. The maximum absolute atomic E-state index is 11.2. The third-order valence-electron chi connectivity index (χ3n) is 1.65. The highest BCUT2D eigenvalue weighted by atomic mass is 16.2. The number of carbonyl (C=O) groups excluding carboxylic acids is 1. The predicted molar refractivity (Wildman–Crippen MR) is 47.3 cm³/mol. The monoisotopic (exact) mass is 155 g/mol. The molecule has 0 bridgehead atoms. The molecule has 0 aliphatic heterocycles. The lowest BCUT2D eigenvalue weighted by Crippen LogP contribution is -2.41. The third-order valence-corrected chi connectivity index (χ3v) is 1.65. The van der Waals surface area contributed by atoms with E-state index < -0.39 is 0 Å². The van der Waals surface area contributed by atoms with E-state index in [0.29, 0.717) is 0 Å². The van der Waals surface area contributed by atoms with Gasteiger partial charge in [0.15, 0.2) is 0 Å². The van der Waals surface area contributed by atoms with Gasteiger partial charge in [0.1, 0.15) is 0 Å². The summed E-state index contributed by atoms with van der Waals surface area (Å²) in [6.45, 7) is 7.87. The van der Waals surface area contributed by atoms with Gasteiger partial charge < -0.3 is 4.90 Å². The van der Waals surface area contributed by atoms with Crippen molar-refractivity contribution in [2.24, 2.45) is 0 Å². The number of allylic oxidation sites excluding steroid dienone is 1. The molecule has 0 aromatic rings. The first-order valence-corrected chi connectivity index (χ1v) is 3.80. The molecule has 0 saturated carbocycles. The molecular formula is C9H17NO. The van der Waals surface area contributed by atoms with Gasteiger partial charge in [-0.3, -0.25) is 4.79 Å². The average Bonchev–Trinajstić information content (AvgIpc) is 1.85. The van der Waals surface area contributed by atoms with Crippen LogP contribution in [0.2, 0.25) is 0 Å². The molecule has 2 nitrogen and oxygen atoms in total. The summed E-state index contributed by atoms with van der Waals surface area (Å²) in [4.78, 5) is 12.9. The zero-order valence-corrected chi connectivity index (χ0v) is 8.01. The molecule has 0 aromatic heterocycles. The Labute approximate surface area is 68.9 Å². The summed E-state index contributed by atoms with van der Waals surface area (Å²) in [6, 6.07) is 0. The van der Waals surface area contributed by atoms with Crippen molar-refractivity contribution in [3.8, 4) is 0 Å². The molecule has 0 aromatic carbocycles. The van der Waals surface area contributed by atoms with Crippen LogP contribution in [0.25, 0.3) is 0 Å². The minimum Gasteiger partial charge on any atom is -0.337 e. The lowest BCUT2D eigenvalue weighted by molar-refractivity contribution is -0.128. The number of rotatable bonds is 1. The number of hydrogen-bond acceptors (Lipinski definition) is 1. The first-order chi connectivity index (χ1) is 4.89. The fourth-order valence-electron chi connectivity index (χ4n) is 0.585. The molecule has 0 saturated heterocycles. The van der Waals surface area contributed by atoms with E-state index in [4.69, 9.17) is 0 Å². The van der Waals surface area contributed by atoms with Crippen LogP contribution in [0.5, 0.6) is 0 Å². The molecule has 0 spiro atoms. The van der Waals surface area contributed by atoms with Crippen molar-refractivity contribution < 1.29 is 4.79 Å². The van der Waals surface area contributed by atoms with Gasteiger partial charge in [-0.25, -0.2) is 0 Å². The van der Waals surface area contributed by atoms with Gasteiger partial charge in [0.2, 0.25) is 5.91 Å². The summed E-state index contributed by atoms with van der Waals surface area (Å²) in [6.07, 6.45) is 3.33. The predicted octanol–water partition coefficient (Wildman–Crippen LogP) is 1.82. The summed E-state index contributed by atoms with van der Waals surface area (Å²) < 4.78 is 0. The highest BCUT2D eigenvalue weighted by Gasteiger charge is 2.19. The van der Waals surface area contributed by atoms with Crippen LogP contribution in [0.15, 0.2) is 12.2 Å². The second-order valence-electron chi connectivity index (χ2n) is 3.57. The lowest BCUT2D eigenvalue weighted by atomic mass is 10.1. The summed E-state index contributed by atoms with van der Waals surface area (Å²) >= 11 is 0. The molecule has 0 atom stereocenters. The molecule has 64 valence electrons. The first-order valence-electron chi connectivity index (χ1n) is 3.80. The van der Waals surface area contributed by atoms with Crippen LogP contribution in [0.3, 0.4) is 0 Å². The number of likely N-dealkylation sites (N-methyl/N-ethyl adjacent to an activating group) is 1. The topological polar surface area (TPSA) is 20.3 Å². The maximum atomic E-state index is 11.2. The van der Waals surface area contributed by atoms with Crippen molar-refractivity contribution in [1.29, 1.82) is 0 Å². The maximum Gasteiger partial charge on any atom is 0.246 e. The standard InChI is InChI=1S/C9H17NO/c1-6-7-8(11)10(5)9(2,3)4/h6-7H,1-5H3/b7-6+.